The van der Waals surface area contributed by atoms with Gasteiger partial charge in [-0.2, -0.15) is 0 Å². The molecule has 5 nitrogen and oxygen atoms in total. The molecule has 0 aromatic rings. The third kappa shape index (κ3) is 4.02. The van der Waals surface area contributed by atoms with Gasteiger partial charge < -0.3 is 15.6 Å². The summed E-state index contributed by atoms with van der Waals surface area (Å²) in [6.07, 6.45) is 5.01. The van der Waals surface area contributed by atoms with Gasteiger partial charge in [0.25, 0.3) is 0 Å². The topological polar surface area (TPSA) is 84.9 Å². The quantitative estimate of drug-likeness (QED) is 0.694. The third-order valence-corrected chi connectivity index (χ3v) is 2.63. The summed E-state index contributed by atoms with van der Waals surface area (Å²) in [6, 6.07) is -0.723. The molecule has 1 unspecified atom stereocenters. The molecule has 1 saturated heterocycles. The van der Waals surface area contributed by atoms with Crippen LogP contribution >= 0.6 is 0 Å². The van der Waals surface area contributed by atoms with Gasteiger partial charge >= 0.3 is 5.97 Å². The molecule has 1 atom stereocenters. The minimum atomic E-state index is -0.936. The highest BCUT2D eigenvalue weighted by Crippen LogP contribution is 2.19. The Morgan fingerprint density at radius 1 is 1.56 bits per heavy atom. The highest BCUT2D eigenvalue weighted by atomic mass is 16.5. The zero-order valence-corrected chi connectivity index (χ0v) is 9.43. The molecule has 90 valence electrons. The lowest BCUT2D eigenvalue weighted by atomic mass is 9.97. The summed E-state index contributed by atoms with van der Waals surface area (Å²) >= 11 is 0. The van der Waals surface area contributed by atoms with Gasteiger partial charge in [-0.15, -0.1) is 0 Å². The molecule has 1 heterocycles. The van der Waals surface area contributed by atoms with E-state index < -0.39 is 12.0 Å². The Hall–Kier alpha value is -1.36. The normalized spacial score (nSPS) is 21.2. The van der Waals surface area contributed by atoms with Gasteiger partial charge in [0.05, 0.1) is 0 Å². The van der Waals surface area contributed by atoms with Crippen molar-refractivity contribution in [2.75, 3.05) is 13.2 Å². The van der Waals surface area contributed by atoms with Gasteiger partial charge in [0.1, 0.15) is 6.04 Å². The first-order chi connectivity index (χ1) is 7.61. The number of hydrogen-bond acceptors (Lipinski definition) is 4. The number of aliphatic carboxylic acids is 1. The number of carbonyl (C=O) groups is 1. The molecule has 1 fully saturated rings. The van der Waals surface area contributed by atoms with E-state index in [1.807, 2.05) is 0 Å². The maximum absolute atomic E-state index is 10.5. The number of carboxylic acids is 1. The summed E-state index contributed by atoms with van der Waals surface area (Å²) in [5.74, 6) is -0.602. The van der Waals surface area contributed by atoms with Crippen LogP contribution in [0.2, 0.25) is 0 Å². The van der Waals surface area contributed by atoms with E-state index in [2.05, 4.69) is 4.99 Å². The molecular formula is C11H18N2O3. The van der Waals surface area contributed by atoms with Crippen LogP contribution in [0.25, 0.3) is 0 Å². The van der Waals surface area contributed by atoms with Crippen molar-refractivity contribution < 1.29 is 14.6 Å². The zero-order valence-electron chi connectivity index (χ0n) is 9.43. The Bertz CT molecular complexity index is 294. The molecule has 1 rings (SSSR count). The van der Waals surface area contributed by atoms with Crippen molar-refractivity contribution in [1.82, 2.24) is 0 Å². The van der Waals surface area contributed by atoms with Crippen molar-refractivity contribution in [2.45, 2.75) is 25.8 Å². The van der Waals surface area contributed by atoms with Crippen molar-refractivity contribution in [1.29, 1.82) is 0 Å². The summed E-state index contributed by atoms with van der Waals surface area (Å²) in [6.45, 7) is 3.00. The summed E-state index contributed by atoms with van der Waals surface area (Å²) in [4.78, 5) is 14.3. The van der Waals surface area contributed by atoms with Gasteiger partial charge in [-0.25, -0.2) is 4.79 Å². The van der Waals surface area contributed by atoms with Crippen molar-refractivity contribution >= 4 is 12.2 Å². The first-order valence-corrected chi connectivity index (χ1v) is 5.40. The fourth-order valence-electron chi connectivity index (χ4n) is 1.49. The number of nitrogens with zero attached hydrogens (tertiary/aromatic N) is 1. The van der Waals surface area contributed by atoms with E-state index in [4.69, 9.17) is 15.6 Å². The van der Waals surface area contributed by atoms with E-state index in [1.165, 1.54) is 13.1 Å². The lowest BCUT2D eigenvalue weighted by Crippen LogP contribution is -2.21. The average molecular weight is 226 g/mol. The second-order valence-electron chi connectivity index (χ2n) is 3.87. The SMILES string of the molecule is CC(N=C/C=C(\N)C1CCOCC1)C(=O)O. The third-order valence-electron chi connectivity index (χ3n) is 2.63. The predicted octanol–water partition coefficient (Wildman–Crippen LogP) is 0.799. The number of aliphatic imine (C=N–C) groups is 1. The van der Waals surface area contributed by atoms with E-state index >= 15 is 0 Å². The zero-order chi connectivity index (χ0) is 12.0. The number of rotatable bonds is 4. The van der Waals surface area contributed by atoms with Crippen LogP contribution in [0, 0.1) is 5.92 Å². The standard InChI is InChI=1S/C11H18N2O3/c1-8(11(14)15)13-5-2-10(12)9-3-6-16-7-4-9/h2,5,8-9H,3-4,6-7,12H2,1H3,(H,14,15)/b10-2-,13-5?. The minimum absolute atomic E-state index is 0.334. The molecule has 0 saturated carbocycles. The summed E-state index contributed by atoms with van der Waals surface area (Å²) in [7, 11) is 0. The van der Waals surface area contributed by atoms with Crippen molar-refractivity contribution in [3.8, 4) is 0 Å². The van der Waals surface area contributed by atoms with E-state index in [1.54, 1.807) is 6.08 Å². The van der Waals surface area contributed by atoms with Crippen LogP contribution < -0.4 is 5.73 Å². The fourth-order valence-corrected chi connectivity index (χ4v) is 1.49. The number of hydrogen-bond donors (Lipinski definition) is 2. The van der Waals surface area contributed by atoms with Gasteiger partial charge in [0.15, 0.2) is 0 Å². The molecule has 0 radical (unpaired) electrons. The first kappa shape index (κ1) is 12.7. The first-order valence-electron chi connectivity index (χ1n) is 5.40. The number of ether oxygens (including phenoxy) is 1. The van der Waals surface area contributed by atoms with Gasteiger partial charge in [0.2, 0.25) is 0 Å². The van der Waals surface area contributed by atoms with Gasteiger partial charge in [-0.05, 0) is 25.8 Å². The smallest absolute Gasteiger partial charge is 0.328 e. The average Bonchev–Trinajstić information content (AvgIpc) is 2.29. The number of nitrogens with two attached hydrogens (primary N) is 1. The van der Waals surface area contributed by atoms with Crippen LogP contribution in [0.1, 0.15) is 19.8 Å². The van der Waals surface area contributed by atoms with Gasteiger partial charge in [0, 0.05) is 31.0 Å². The Balaban J connectivity index is 2.46. The highest BCUT2D eigenvalue weighted by molar-refractivity contribution is 5.79. The lowest BCUT2D eigenvalue weighted by molar-refractivity contribution is -0.137. The molecule has 3 N–H and O–H groups in total. The second-order valence-corrected chi connectivity index (χ2v) is 3.87. The van der Waals surface area contributed by atoms with E-state index in [0.29, 0.717) is 5.92 Å². The van der Waals surface area contributed by atoms with Crippen LogP contribution in [-0.4, -0.2) is 36.5 Å². The predicted molar refractivity (Wildman–Crippen MR) is 61.4 cm³/mol. The molecule has 16 heavy (non-hydrogen) atoms. The molecule has 0 amide bonds. The number of allylic oxidation sites excluding steroid dienone is 2. The Kier molecular flexibility index (Phi) is 4.98. The Labute approximate surface area is 95.0 Å². The molecule has 0 aromatic heterocycles. The molecule has 0 spiro atoms. The fraction of sp³-hybridized carbons (Fsp3) is 0.636. The van der Waals surface area contributed by atoms with Crippen molar-refractivity contribution in [2.24, 2.45) is 16.6 Å². The summed E-state index contributed by atoms with van der Waals surface area (Å²) in [5.41, 5.74) is 6.63. The molecule has 0 bridgehead atoms. The maximum Gasteiger partial charge on any atom is 0.328 e. The molecular weight excluding hydrogens is 208 g/mol. The van der Waals surface area contributed by atoms with Gasteiger partial charge in [-0.1, -0.05) is 0 Å². The lowest BCUT2D eigenvalue weighted by Gasteiger charge is -2.21. The molecule has 1 aliphatic rings. The van der Waals surface area contributed by atoms with Crippen LogP contribution in [0.5, 0.6) is 0 Å². The Morgan fingerprint density at radius 3 is 2.75 bits per heavy atom. The molecule has 0 aliphatic carbocycles. The van der Waals surface area contributed by atoms with Crippen LogP contribution in [-0.2, 0) is 9.53 Å². The maximum atomic E-state index is 10.5. The van der Waals surface area contributed by atoms with E-state index in [-0.39, 0.29) is 0 Å². The largest absolute Gasteiger partial charge is 0.480 e. The van der Waals surface area contributed by atoms with E-state index in [0.717, 1.165) is 31.8 Å². The molecule has 5 heteroatoms. The second kappa shape index (κ2) is 6.27. The Morgan fingerprint density at radius 2 is 2.19 bits per heavy atom. The monoisotopic (exact) mass is 226 g/mol. The summed E-state index contributed by atoms with van der Waals surface area (Å²) in [5, 5.41) is 8.61. The molecule has 1 aliphatic heterocycles. The van der Waals surface area contributed by atoms with Crippen LogP contribution in [0.15, 0.2) is 16.8 Å². The van der Waals surface area contributed by atoms with Crippen molar-refractivity contribution in [3.05, 3.63) is 11.8 Å². The highest BCUT2D eigenvalue weighted by Gasteiger charge is 2.15. The van der Waals surface area contributed by atoms with Gasteiger partial charge in [-0.3, -0.25) is 4.99 Å². The van der Waals surface area contributed by atoms with E-state index in [9.17, 15) is 4.79 Å². The van der Waals surface area contributed by atoms with Crippen LogP contribution in [0.3, 0.4) is 0 Å². The number of carboxylic acid groups (broad SMARTS) is 1. The summed E-state index contributed by atoms with van der Waals surface area (Å²) < 4.78 is 5.23. The minimum Gasteiger partial charge on any atom is -0.480 e. The molecule has 0 aromatic carbocycles. The van der Waals surface area contributed by atoms with Crippen molar-refractivity contribution in [3.63, 3.8) is 0 Å². The van der Waals surface area contributed by atoms with Crippen LogP contribution in [0.4, 0.5) is 0 Å².